The molecule has 334 valence electrons. The van der Waals surface area contributed by atoms with Crippen molar-refractivity contribution in [1.29, 1.82) is 0 Å². The smallest absolute Gasteiger partial charge is 0.472 e. The highest BCUT2D eigenvalue weighted by Crippen LogP contribution is 2.43. The van der Waals surface area contributed by atoms with Gasteiger partial charge in [-0.15, -0.1) is 0 Å². The molecule has 0 heterocycles. The van der Waals surface area contributed by atoms with E-state index in [1.54, 1.807) is 0 Å². The third-order valence-electron chi connectivity index (χ3n) is 9.25. The lowest BCUT2D eigenvalue weighted by Gasteiger charge is -2.20. The monoisotopic (exact) mass is 838 g/mol. The van der Waals surface area contributed by atoms with Gasteiger partial charge in [-0.05, 0) is 77.0 Å². The van der Waals surface area contributed by atoms with Crippen LogP contribution in [0.4, 0.5) is 0 Å². The number of unbranched alkanes of at least 4 members (excludes halogenated alkanes) is 17. The largest absolute Gasteiger partial charge is 0.480 e. The number of phosphoric ester groups is 1. The number of esters is 2. The number of nitrogens with two attached hydrogens (primary N) is 1. The Hall–Kier alpha value is -2.82. The summed E-state index contributed by atoms with van der Waals surface area (Å²) in [5.74, 6) is -2.44. The maximum absolute atomic E-state index is 12.6. The molecule has 0 amide bonds. The van der Waals surface area contributed by atoms with Crippen molar-refractivity contribution in [3.05, 3.63) is 60.8 Å². The number of aliphatic carboxylic acids is 1. The molecule has 0 aromatic heterocycles. The van der Waals surface area contributed by atoms with E-state index in [-0.39, 0.29) is 19.4 Å². The summed E-state index contributed by atoms with van der Waals surface area (Å²) in [6.45, 7) is 2.64. The van der Waals surface area contributed by atoms with E-state index in [1.807, 2.05) is 0 Å². The second-order valence-corrected chi connectivity index (χ2v) is 16.2. The van der Waals surface area contributed by atoms with Gasteiger partial charge < -0.3 is 25.2 Å². The first-order valence-corrected chi connectivity index (χ1v) is 23.8. The van der Waals surface area contributed by atoms with Crippen LogP contribution in [0.5, 0.6) is 0 Å². The number of carboxylic acids is 1. The molecule has 1 unspecified atom stereocenters. The van der Waals surface area contributed by atoms with Gasteiger partial charge in [-0.25, -0.2) is 4.57 Å². The number of carboxylic acid groups (broad SMARTS) is 1. The van der Waals surface area contributed by atoms with Crippen molar-refractivity contribution in [1.82, 2.24) is 0 Å². The summed E-state index contributed by atoms with van der Waals surface area (Å²) < 4.78 is 32.7. The quantitative estimate of drug-likeness (QED) is 0.0231. The topological polar surface area (TPSA) is 172 Å². The van der Waals surface area contributed by atoms with E-state index in [1.165, 1.54) is 83.5 Å². The summed E-state index contributed by atoms with van der Waals surface area (Å²) in [5.41, 5.74) is 5.33. The second-order valence-electron chi connectivity index (χ2n) is 14.8. The van der Waals surface area contributed by atoms with Crippen molar-refractivity contribution in [2.75, 3.05) is 19.8 Å². The molecule has 0 aliphatic carbocycles. The highest BCUT2D eigenvalue weighted by molar-refractivity contribution is 7.47. The fraction of sp³-hybridized carbons (Fsp3) is 0.717. The van der Waals surface area contributed by atoms with E-state index in [4.69, 9.17) is 24.8 Å². The Morgan fingerprint density at radius 1 is 0.552 bits per heavy atom. The fourth-order valence-corrected chi connectivity index (χ4v) is 6.53. The Bertz CT molecular complexity index is 1210. The van der Waals surface area contributed by atoms with Gasteiger partial charge in [0, 0.05) is 12.8 Å². The zero-order chi connectivity index (χ0) is 42.8. The average molecular weight is 838 g/mol. The molecule has 3 atom stereocenters. The van der Waals surface area contributed by atoms with Crippen LogP contribution in [0.15, 0.2) is 60.8 Å². The number of phosphoric acid groups is 1. The minimum Gasteiger partial charge on any atom is -0.480 e. The molecule has 0 fully saturated rings. The van der Waals surface area contributed by atoms with Gasteiger partial charge in [-0.1, -0.05) is 152 Å². The van der Waals surface area contributed by atoms with Crippen LogP contribution < -0.4 is 5.73 Å². The van der Waals surface area contributed by atoms with Crippen LogP contribution in [0, 0.1) is 0 Å². The SMILES string of the molecule is CC/C=C/C/C=C/C/C=C/C/C=C/CCCCC(=O)O[C@H](COC(=O)CCCCCCCCCCC/C=C/CCCCCCCC)COP(=O)(O)OC[C@H](N)C(=O)O. The summed E-state index contributed by atoms with van der Waals surface area (Å²) in [6.07, 6.45) is 47.2. The zero-order valence-electron chi connectivity index (χ0n) is 36.1. The minimum absolute atomic E-state index is 0.107. The van der Waals surface area contributed by atoms with E-state index in [0.29, 0.717) is 12.8 Å². The van der Waals surface area contributed by atoms with Crippen LogP contribution in [-0.2, 0) is 37.5 Å². The minimum atomic E-state index is -4.73. The number of hydrogen-bond donors (Lipinski definition) is 3. The van der Waals surface area contributed by atoms with Crippen molar-refractivity contribution < 1.29 is 47.5 Å². The van der Waals surface area contributed by atoms with Gasteiger partial charge in [0.25, 0.3) is 0 Å². The third-order valence-corrected chi connectivity index (χ3v) is 10.2. The Morgan fingerprint density at radius 3 is 1.50 bits per heavy atom. The van der Waals surface area contributed by atoms with Crippen molar-refractivity contribution >= 4 is 25.7 Å². The molecule has 0 saturated heterocycles. The number of ether oxygens (including phenoxy) is 2. The van der Waals surface area contributed by atoms with E-state index in [9.17, 15) is 23.8 Å². The van der Waals surface area contributed by atoms with Gasteiger partial charge in [-0.3, -0.25) is 23.4 Å². The van der Waals surface area contributed by atoms with Crippen LogP contribution in [0.2, 0.25) is 0 Å². The number of allylic oxidation sites excluding steroid dienone is 10. The predicted octanol–water partition coefficient (Wildman–Crippen LogP) is 12.0. The average Bonchev–Trinajstić information content (AvgIpc) is 3.20. The lowest BCUT2D eigenvalue weighted by molar-refractivity contribution is -0.161. The first-order chi connectivity index (χ1) is 28.1. The van der Waals surface area contributed by atoms with Crippen molar-refractivity contribution in [3.63, 3.8) is 0 Å². The van der Waals surface area contributed by atoms with Gasteiger partial charge >= 0.3 is 25.7 Å². The molecule has 0 aliphatic heterocycles. The van der Waals surface area contributed by atoms with Gasteiger partial charge in [0.2, 0.25) is 0 Å². The highest BCUT2D eigenvalue weighted by atomic mass is 31.2. The number of carbonyl (C=O) groups excluding carboxylic acids is 2. The van der Waals surface area contributed by atoms with Gasteiger partial charge in [0.15, 0.2) is 6.10 Å². The number of carbonyl (C=O) groups is 3. The summed E-state index contributed by atoms with van der Waals surface area (Å²) >= 11 is 0. The maximum atomic E-state index is 12.6. The lowest BCUT2D eigenvalue weighted by Crippen LogP contribution is -2.34. The second kappa shape index (κ2) is 40.9. The number of hydrogen-bond acceptors (Lipinski definition) is 9. The molecule has 4 N–H and O–H groups in total. The Kier molecular flexibility index (Phi) is 38.9. The van der Waals surface area contributed by atoms with Crippen LogP contribution in [-0.4, -0.2) is 59.9 Å². The molecule has 0 bridgehead atoms. The van der Waals surface area contributed by atoms with E-state index < -0.39 is 51.1 Å². The van der Waals surface area contributed by atoms with Crippen molar-refractivity contribution in [2.45, 2.75) is 193 Å². The molecule has 58 heavy (non-hydrogen) atoms. The van der Waals surface area contributed by atoms with Gasteiger partial charge in [0.05, 0.1) is 13.2 Å². The lowest BCUT2D eigenvalue weighted by atomic mass is 10.1. The van der Waals surface area contributed by atoms with E-state index >= 15 is 0 Å². The molecule has 0 saturated carbocycles. The third kappa shape index (κ3) is 40.0. The summed E-state index contributed by atoms with van der Waals surface area (Å²) in [7, 11) is -4.73. The normalized spacial score (nSPS) is 14.3. The first-order valence-electron chi connectivity index (χ1n) is 22.3. The highest BCUT2D eigenvalue weighted by Gasteiger charge is 2.28. The molecule has 0 rings (SSSR count). The van der Waals surface area contributed by atoms with E-state index in [0.717, 1.165) is 57.8 Å². The van der Waals surface area contributed by atoms with Crippen LogP contribution in [0.3, 0.4) is 0 Å². The predicted molar refractivity (Wildman–Crippen MR) is 235 cm³/mol. The van der Waals surface area contributed by atoms with Crippen LogP contribution in [0.1, 0.15) is 181 Å². The maximum Gasteiger partial charge on any atom is 0.472 e. The summed E-state index contributed by atoms with van der Waals surface area (Å²) in [4.78, 5) is 46.0. The summed E-state index contributed by atoms with van der Waals surface area (Å²) in [5, 5.41) is 8.89. The molecular formula is C46H80NO10P. The molecule has 0 radical (unpaired) electrons. The molecule has 0 aliphatic rings. The molecule has 0 aromatic carbocycles. The van der Waals surface area contributed by atoms with Crippen molar-refractivity contribution in [2.24, 2.45) is 5.73 Å². The van der Waals surface area contributed by atoms with Gasteiger partial charge in [0.1, 0.15) is 12.6 Å². The van der Waals surface area contributed by atoms with Crippen molar-refractivity contribution in [3.8, 4) is 0 Å². The number of rotatable bonds is 41. The Morgan fingerprint density at radius 2 is 0.966 bits per heavy atom. The van der Waals surface area contributed by atoms with Crippen LogP contribution in [0.25, 0.3) is 0 Å². The molecule has 11 nitrogen and oxygen atoms in total. The molecule has 0 spiro atoms. The Balaban J connectivity index is 4.38. The van der Waals surface area contributed by atoms with Crippen LogP contribution >= 0.6 is 7.82 Å². The standard InChI is InChI=1S/C46H80NO10P/c1-3-5-7-9-11-13-15-17-19-20-21-22-24-25-27-29-31-33-35-37-44(48)54-39-42(40-55-58(52,53)56-41-43(47)46(50)51)57-45(49)38-36-34-32-30-28-26-23-18-16-14-12-10-8-6-4-2/h6,8,12,14,17-19,23,28,30,42-43H,3-5,7,9-11,13,15-16,20-22,24-27,29,31-41,47H2,1-2H3,(H,50,51)(H,52,53)/b8-6+,14-12+,19-17+,23-18+,30-28+/t42-,43+/m1/s1. The summed E-state index contributed by atoms with van der Waals surface area (Å²) in [6, 6.07) is -1.53. The fourth-order valence-electron chi connectivity index (χ4n) is 5.76. The molecule has 0 aromatic rings. The van der Waals surface area contributed by atoms with Gasteiger partial charge in [-0.2, -0.15) is 0 Å². The molecule has 12 heteroatoms. The molecular weight excluding hydrogens is 757 g/mol. The zero-order valence-corrected chi connectivity index (χ0v) is 37.0. The Labute approximate surface area is 351 Å². The first kappa shape index (κ1) is 55.2. The van der Waals surface area contributed by atoms with E-state index in [2.05, 4.69) is 79.1 Å².